The molecule has 0 aliphatic carbocycles. The number of hydrogen-bond acceptors (Lipinski definition) is 5. The summed E-state index contributed by atoms with van der Waals surface area (Å²) >= 11 is 5.90. The first-order valence-corrected chi connectivity index (χ1v) is 6.35. The smallest absolute Gasteiger partial charge is 0.423 e. The number of nitro benzene ring substituents is 1. The molecule has 1 rings (SSSR count). The Kier molecular flexibility index (Phi) is 4.81. The third-order valence-corrected chi connectivity index (χ3v) is 3.67. The first-order chi connectivity index (χ1) is 8.95. The highest BCUT2D eigenvalue weighted by atomic mass is 35.5. The van der Waals surface area contributed by atoms with E-state index in [1.807, 2.05) is 0 Å². The van der Waals surface area contributed by atoms with Crippen molar-refractivity contribution in [2.75, 3.05) is 0 Å². The SMILES string of the molecule is CC(C)(O)C(C)(C)OB(O)c1ccc([N+](=O)[O-])cc1Cl. The van der Waals surface area contributed by atoms with Gasteiger partial charge in [-0.15, -0.1) is 0 Å². The average Bonchev–Trinajstić information content (AvgIpc) is 2.26. The second-order valence-corrected chi connectivity index (χ2v) is 5.91. The number of aliphatic hydroxyl groups is 1. The van der Waals surface area contributed by atoms with E-state index in [2.05, 4.69) is 0 Å². The van der Waals surface area contributed by atoms with Crippen molar-refractivity contribution in [3.05, 3.63) is 33.3 Å². The highest BCUT2D eigenvalue weighted by Crippen LogP contribution is 2.26. The quantitative estimate of drug-likeness (QED) is 0.488. The predicted octanol–water partition coefficient (Wildman–Crippen LogP) is 1.50. The van der Waals surface area contributed by atoms with Crippen molar-refractivity contribution >= 4 is 29.9 Å². The van der Waals surface area contributed by atoms with Gasteiger partial charge >= 0.3 is 7.12 Å². The molecule has 0 amide bonds. The van der Waals surface area contributed by atoms with Crippen molar-refractivity contribution < 1.29 is 19.7 Å². The molecule has 0 bridgehead atoms. The maximum atomic E-state index is 10.6. The van der Waals surface area contributed by atoms with Crippen LogP contribution in [-0.2, 0) is 4.65 Å². The van der Waals surface area contributed by atoms with Gasteiger partial charge in [-0.2, -0.15) is 0 Å². The first-order valence-electron chi connectivity index (χ1n) is 5.98. The standard InChI is InChI=1S/C12H17BClNO5/c1-11(2,16)12(3,4)20-13(17)9-6-5-8(15(18)19)7-10(9)14/h5-7,16-17H,1-4H3. The third kappa shape index (κ3) is 3.70. The monoisotopic (exact) mass is 301 g/mol. The molecule has 2 N–H and O–H groups in total. The molecule has 110 valence electrons. The molecule has 20 heavy (non-hydrogen) atoms. The summed E-state index contributed by atoms with van der Waals surface area (Å²) in [5.41, 5.74) is -2.21. The minimum Gasteiger partial charge on any atom is -0.423 e. The van der Waals surface area contributed by atoms with Crippen LogP contribution in [0.5, 0.6) is 0 Å². The van der Waals surface area contributed by atoms with Gasteiger partial charge in [0.25, 0.3) is 5.69 Å². The van der Waals surface area contributed by atoms with Gasteiger partial charge in [-0.1, -0.05) is 17.7 Å². The summed E-state index contributed by atoms with van der Waals surface area (Å²) in [4.78, 5) is 10.0. The third-order valence-electron chi connectivity index (χ3n) is 3.34. The second-order valence-electron chi connectivity index (χ2n) is 5.50. The van der Waals surface area contributed by atoms with Crippen LogP contribution in [0.4, 0.5) is 5.69 Å². The van der Waals surface area contributed by atoms with Crippen molar-refractivity contribution in [1.82, 2.24) is 0 Å². The summed E-state index contributed by atoms with van der Waals surface area (Å²) in [6.45, 7) is 6.35. The number of benzene rings is 1. The van der Waals surface area contributed by atoms with Crippen LogP contribution < -0.4 is 5.46 Å². The molecule has 1 aromatic rings. The fraction of sp³-hybridized carbons (Fsp3) is 0.500. The molecule has 0 aromatic heterocycles. The lowest BCUT2D eigenvalue weighted by Gasteiger charge is -2.38. The fourth-order valence-corrected chi connectivity index (χ4v) is 1.58. The lowest BCUT2D eigenvalue weighted by Crippen LogP contribution is -2.53. The second kappa shape index (κ2) is 5.69. The van der Waals surface area contributed by atoms with Gasteiger partial charge in [0.15, 0.2) is 0 Å². The van der Waals surface area contributed by atoms with Crippen molar-refractivity contribution in [3.8, 4) is 0 Å². The van der Waals surface area contributed by atoms with Crippen LogP contribution in [0.3, 0.4) is 0 Å². The Bertz CT molecular complexity index is 515. The zero-order valence-electron chi connectivity index (χ0n) is 11.8. The van der Waals surface area contributed by atoms with E-state index in [0.717, 1.165) is 6.07 Å². The van der Waals surface area contributed by atoms with E-state index in [1.54, 1.807) is 27.7 Å². The Morgan fingerprint density at radius 3 is 2.30 bits per heavy atom. The number of halogens is 1. The molecule has 0 saturated carbocycles. The summed E-state index contributed by atoms with van der Waals surface area (Å²) in [5.74, 6) is 0. The predicted molar refractivity (Wildman–Crippen MR) is 77.2 cm³/mol. The first kappa shape index (κ1) is 16.9. The zero-order chi connectivity index (χ0) is 15.7. The van der Waals surface area contributed by atoms with Crippen LogP contribution in [0, 0.1) is 10.1 Å². The summed E-state index contributed by atoms with van der Waals surface area (Å²) in [6.07, 6.45) is 0. The Morgan fingerprint density at radius 2 is 1.90 bits per heavy atom. The molecule has 0 spiro atoms. The number of rotatable bonds is 5. The van der Waals surface area contributed by atoms with Crippen molar-refractivity contribution in [1.29, 1.82) is 0 Å². The molecule has 6 nitrogen and oxygen atoms in total. The largest absolute Gasteiger partial charge is 0.493 e. The molecule has 0 saturated heterocycles. The van der Waals surface area contributed by atoms with Gasteiger partial charge in [0.2, 0.25) is 0 Å². The van der Waals surface area contributed by atoms with Crippen LogP contribution in [0.15, 0.2) is 18.2 Å². The highest BCUT2D eigenvalue weighted by Gasteiger charge is 2.40. The molecule has 0 heterocycles. The van der Waals surface area contributed by atoms with Crippen molar-refractivity contribution in [2.24, 2.45) is 0 Å². The zero-order valence-corrected chi connectivity index (χ0v) is 12.5. The molecule has 0 radical (unpaired) electrons. The van der Waals surface area contributed by atoms with E-state index in [9.17, 15) is 20.2 Å². The molecule has 8 heteroatoms. The number of non-ortho nitro benzene ring substituents is 1. The molecule has 0 unspecified atom stereocenters. The van der Waals surface area contributed by atoms with Crippen LogP contribution in [0.25, 0.3) is 0 Å². The van der Waals surface area contributed by atoms with Gasteiger partial charge < -0.3 is 14.8 Å². The highest BCUT2D eigenvalue weighted by molar-refractivity contribution is 6.64. The lowest BCUT2D eigenvalue weighted by molar-refractivity contribution is -0.384. The normalized spacial score (nSPS) is 12.3. The van der Waals surface area contributed by atoms with Gasteiger partial charge in [-0.05, 0) is 27.7 Å². The van der Waals surface area contributed by atoms with E-state index in [1.165, 1.54) is 12.1 Å². The Morgan fingerprint density at radius 1 is 1.35 bits per heavy atom. The van der Waals surface area contributed by atoms with Gasteiger partial charge in [-0.3, -0.25) is 10.1 Å². The summed E-state index contributed by atoms with van der Waals surface area (Å²) in [6, 6.07) is 3.69. The van der Waals surface area contributed by atoms with Gasteiger partial charge in [0.05, 0.1) is 16.1 Å². The minimum absolute atomic E-state index is 0.0262. The molecule has 1 aromatic carbocycles. The summed E-state index contributed by atoms with van der Waals surface area (Å²) in [7, 11) is -1.40. The van der Waals surface area contributed by atoms with E-state index < -0.39 is 23.2 Å². The number of nitro groups is 1. The molecule has 0 aliphatic rings. The number of hydrogen-bond donors (Lipinski definition) is 2. The molecular weight excluding hydrogens is 284 g/mol. The topological polar surface area (TPSA) is 92.8 Å². The van der Waals surface area contributed by atoms with Crippen LogP contribution >= 0.6 is 11.6 Å². The Balaban J connectivity index is 2.99. The van der Waals surface area contributed by atoms with Gasteiger partial charge in [0, 0.05) is 22.6 Å². The average molecular weight is 302 g/mol. The maximum absolute atomic E-state index is 10.6. The van der Waals surface area contributed by atoms with Crippen LogP contribution in [0.1, 0.15) is 27.7 Å². The summed E-state index contributed by atoms with van der Waals surface area (Å²) < 4.78 is 5.42. The van der Waals surface area contributed by atoms with E-state index in [-0.39, 0.29) is 16.2 Å². The molecule has 0 aliphatic heterocycles. The lowest BCUT2D eigenvalue weighted by atomic mass is 9.76. The van der Waals surface area contributed by atoms with Crippen LogP contribution in [0.2, 0.25) is 5.02 Å². The fourth-order valence-electron chi connectivity index (χ4n) is 1.32. The van der Waals surface area contributed by atoms with E-state index in [4.69, 9.17) is 16.3 Å². The Labute approximate surface area is 122 Å². The van der Waals surface area contributed by atoms with E-state index in [0.29, 0.717) is 0 Å². The van der Waals surface area contributed by atoms with E-state index >= 15 is 0 Å². The molecular formula is C12H17BClNO5. The molecule has 0 atom stereocenters. The van der Waals surface area contributed by atoms with Crippen molar-refractivity contribution in [2.45, 2.75) is 38.9 Å². The van der Waals surface area contributed by atoms with Gasteiger partial charge in [-0.25, -0.2) is 0 Å². The maximum Gasteiger partial charge on any atom is 0.493 e. The van der Waals surface area contributed by atoms with Crippen molar-refractivity contribution in [3.63, 3.8) is 0 Å². The number of nitrogens with zero attached hydrogens (tertiary/aromatic N) is 1. The van der Waals surface area contributed by atoms with Gasteiger partial charge in [0.1, 0.15) is 0 Å². The summed E-state index contributed by atoms with van der Waals surface area (Å²) in [5, 5.41) is 30.7. The molecule has 0 fully saturated rings. The minimum atomic E-state index is -1.40. The van der Waals surface area contributed by atoms with Crippen LogP contribution in [-0.4, -0.2) is 33.4 Å². The Hall–Kier alpha value is -1.15.